The highest BCUT2D eigenvalue weighted by Crippen LogP contribution is 2.24. The van der Waals surface area contributed by atoms with Crippen LogP contribution in [0.4, 0.5) is 0 Å². The molecule has 5 heteroatoms. The van der Waals surface area contributed by atoms with E-state index in [0.717, 1.165) is 4.88 Å². The standard InChI is InChI=1S/C13H9NO3S/c1-16-8-4-5-10-9(7-8)13(15)17-12(14-10)11-3-2-6-18-11/h2-7H,1H3. The number of hydrogen-bond donors (Lipinski definition) is 0. The summed E-state index contributed by atoms with van der Waals surface area (Å²) in [5.74, 6) is 0.966. The number of ether oxygens (including phenoxy) is 1. The molecule has 0 N–H and O–H groups in total. The van der Waals surface area contributed by atoms with Gasteiger partial charge in [-0.1, -0.05) is 6.07 Å². The lowest BCUT2D eigenvalue weighted by Gasteiger charge is -2.02. The molecule has 2 aromatic heterocycles. The van der Waals surface area contributed by atoms with Gasteiger partial charge in [0.25, 0.3) is 0 Å². The molecule has 0 unspecified atom stereocenters. The van der Waals surface area contributed by atoms with E-state index in [1.165, 1.54) is 11.3 Å². The van der Waals surface area contributed by atoms with Crippen molar-refractivity contribution in [2.75, 3.05) is 7.11 Å². The highest BCUT2D eigenvalue weighted by molar-refractivity contribution is 7.13. The summed E-state index contributed by atoms with van der Waals surface area (Å²) in [6.45, 7) is 0. The van der Waals surface area contributed by atoms with Crippen LogP contribution in [0.1, 0.15) is 0 Å². The Kier molecular flexibility index (Phi) is 2.60. The Labute approximate surface area is 106 Å². The molecular weight excluding hydrogens is 250 g/mol. The predicted octanol–water partition coefficient (Wildman–Crippen LogP) is 2.93. The van der Waals surface area contributed by atoms with Crippen molar-refractivity contribution < 1.29 is 9.15 Å². The first-order valence-electron chi connectivity index (χ1n) is 5.31. The Balaban J connectivity index is 2.26. The van der Waals surface area contributed by atoms with Crippen LogP contribution in [0.3, 0.4) is 0 Å². The lowest BCUT2D eigenvalue weighted by Crippen LogP contribution is -2.02. The molecule has 3 rings (SSSR count). The molecule has 3 aromatic rings. The second-order valence-corrected chi connectivity index (χ2v) is 4.61. The molecule has 2 heterocycles. The zero-order valence-electron chi connectivity index (χ0n) is 9.54. The van der Waals surface area contributed by atoms with Gasteiger partial charge in [0.05, 0.1) is 22.9 Å². The molecule has 1 aromatic carbocycles. The summed E-state index contributed by atoms with van der Waals surface area (Å²) in [5, 5.41) is 2.34. The maximum absolute atomic E-state index is 11.9. The second-order valence-electron chi connectivity index (χ2n) is 3.67. The summed E-state index contributed by atoms with van der Waals surface area (Å²) < 4.78 is 10.3. The molecular formula is C13H9NO3S. The van der Waals surface area contributed by atoms with Crippen molar-refractivity contribution in [2.24, 2.45) is 0 Å². The summed E-state index contributed by atoms with van der Waals surface area (Å²) in [4.78, 5) is 17.1. The monoisotopic (exact) mass is 259 g/mol. The Morgan fingerprint density at radius 3 is 2.94 bits per heavy atom. The van der Waals surface area contributed by atoms with Crippen LogP contribution in [0.15, 0.2) is 44.9 Å². The van der Waals surface area contributed by atoms with E-state index in [-0.39, 0.29) is 0 Å². The average Bonchev–Trinajstić information content (AvgIpc) is 2.92. The zero-order valence-corrected chi connectivity index (χ0v) is 10.4. The summed E-state index contributed by atoms with van der Waals surface area (Å²) in [6.07, 6.45) is 0. The van der Waals surface area contributed by atoms with Crippen LogP contribution in [0.25, 0.3) is 21.7 Å². The van der Waals surface area contributed by atoms with Gasteiger partial charge in [0.2, 0.25) is 5.89 Å². The number of benzene rings is 1. The first kappa shape index (κ1) is 11.0. The SMILES string of the molecule is COc1ccc2nc(-c3cccs3)oc(=O)c2c1. The quantitative estimate of drug-likeness (QED) is 0.710. The molecule has 0 aliphatic rings. The van der Waals surface area contributed by atoms with Crippen LogP contribution in [0.5, 0.6) is 5.75 Å². The van der Waals surface area contributed by atoms with Crippen LogP contribution < -0.4 is 10.4 Å². The molecule has 90 valence electrons. The topological polar surface area (TPSA) is 52.3 Å². The van der Waals surface area contributed by atoms with Crippen molar-refractivity contribution in [3.05, 3.63) is 46.1 Å². The van der Waals surface area contributed by atoms with E-state index in [1.54, 1.807) is 25.3 Å². The van der Waals surface area contributed by atoms with Crippen LogP contribution in [-0.4, -0.2) is 12.1 Å². The Hall–Kier alpha value is -2.14. The molecule has 0 amide bonds. The van der Waals surface area contributed by atoms with Gasteiger partial charge >= 0.3 is 5.63 Å². The van der Waals surface area contributed by atoms with E-state index in [9.17, 15) is 4.79 Å². The van der Waals surface area contributed by atoms with E-state index in [1.807, 2.05) is 17.5 Å². The normalized spacial score (nSPS) is 10.7. The van der Waals surface area contributed by atoms with Crippen molar-refractivity contribution in [1.82, 2.24) is 4.98 Å². The van der Waals surface area contributed by atoms with E-state index in [4.69, 9.17) is 9.15 Å². The number of nitrogens with zero attached hydrogens (tertiary/aromatic N) is 1. The van der Waals surface area contributed by atoms with Gasteiger partial charge < -0.3 is 9.15 Å². The van der Waals surface area contributed by atoms with Gasteiger partial charge in [-0.25, -0.2) is 9.78 Å². The van der Waals surface area contributed by atoms with Crippen molar-refractivity contribution in [3.8, 4) is 16.5 Å². The minimum absolute atomic E-state index is 0.354. The average molecular weight is 259 g/mol. The lowest BCUT2D eigenvalue weighted by atomic mass is 10.2. The van der Waals surface area contributed by atoms with Gasteiger partial charge in [0, 0.05) is 0 Å². The summed E-state index contributed by atoms with van der Waals surface area (Å²) in [6, 6.07) is 8.91. The molecule has 0 radical (unpaired) electrons. The molecule has 0 spiro atoms. The van der Waals surface area contributed by atoms with Gasteiger partial charge in [0.15, 0.2) is 0 Å². The third-order valence-electron chi connectivity index (χ3n) is 2.57. The van der Waals surface area contributed by atoms with Crippen LogP contribution in [0.2, 0.25) is 0 Å². The fourth-order valence-corrected chi connectivity index (χ4v) is 2.33. The van der Waals surface area contributed by atoms with Gasteiger partial charge in [-0.05, 0) is 29.6 Å². The fourth-order valence-electron chi connectivity index (χ4n) is 1.68. The Morgan fingerprint density at radius 2 is 2.22 bits per heavy atom. The maximum Gasteiger partial charge on any atom is 0.347 e. The summed E-state index contributed by atoms with van der Waals surface area (Å²) in [7, 11) is 1.55. The first-order chi connectivity index (χ1) is 8.78. The summed E-state index contributed by atoms with van der Waals surface area (Å²) in [5.41, 5.74) is 0.206. The zero-order chi connectivity index (χ0) is 12.5. The third kappa shape index (κ3) is 1.78. The summed E-state index contributed by atoms with van der Waals surface area (Å²) >= 11 is 1.48. The Morgan fingerprint density at radius 1 is 1.33 bits per heavy atom. The molecule has 4 nitrogen and oxygen atoms in total. The van der Waals surface area contributed by atoms with E-state index < -0.39 is 5.63 Å². The number of aromatic nitrogens is 1. The molecule has 0 saturated heterocycles. The smallest absolute Gasteiger partial charge is 0.347 e. The van der Waals surface area contributed by atoms with Gasteiger partial charge in [0.1, 0.15) is 5.75 Å². The number of methoxy groups -OCH3 is 1. The molecule has 0 saturated carbocycles. The number of thiophene rings is 1. The Bertz CT molecular complexity index is 747. The molecule has 0 aliphatic carbocycles. The van der Waals surface area contributed by atoms with Gasteiger partial charge in [-0.2, -0.15) is 0 Å². The second kappa shape index (κ2) is 4.27. The minimum Gasteiger partial charge on any atom is -0.497 e. The maximum atomic E-state index is 11.9. The number of hydrogen-bond acceptors (Lipinski definition) is 5. The molecule has 18 heavy (non-hydrogen) atoms. The highest BCUT2D eigenvalue weighted by Gasteiger charge is 2.09. The van der Waals surface area contributed by atoms with Crippen LogP contribution in [0, 0.1) is 0 Å². The van der Waals surface area contributed by atoms with Crippen molar-refractivity contribution in [1.29, 1.82) is 0 Å². The fraction of sp³-hybridized carbons (Fsp3) is 0.0769. The minimum atomic E-state index is -0.401. The van der Waals surface area contributed by atoms with Gasteiger partial charge in [-0.3, -0.25) is 0 Å². The number of fused-ring (bicyclic) bond motifs is 1. The van der Waals surface area contributed by atoms with E-state index in [2.05, 4.69) is 4.98 Å². The third-order valence-corrected chi connectivity index (χ3v) is 3.42. The van der Waals surface area contributed by atoms with Crippen molar-refractivity contribution in [3.63, 3.8) is 0 Å². The highest BCUT2D eigenvalue weighted by atomic mass is 32.1. The molecule has 0 aliphatic heterocycles. The lowest BCUT2D eigenvalue weighted by molar-refractivity contribution is 0.415. The molecule has 0 fully saturated rings. The first-order valence-corrected chi connectivity index (χ1v) is 6.18. The van der Waals surface area contributed by atoms with Crippen LogP contribution in [-0.2, 0) is 0 Å². The number of rotatable bonds is 2. The van der Waals surface area contributed by atoms with Crippen molar-refractivity contribution >= 4 is 22.2 Å². The van der Waals surface area contributed by atoms with E-state index in [0.29, 0.717) is 22.5 Å². The molecule has 0 bridgehead atoms. The largest absolute Gasteiger partial charge is 0.497 e. The van der Waals surface area contributed by atoms with Crippen LogP contribution >= 0.6 is 11.3 Å². The predicted molar refractivity (Wildman–Crippen MR) is 70.1 cm³/mol. The van der Waals surface area contributed by atoms with E-state index >= 15 is 0 Å². The van der Waals surface area contributed by atoms with Gasteiger partial charge in [-0.15, -0.1) is 11.3 Å². The van der Waals surface area contributed by atoms with Crippen molar-refractivity contribution in [2.45, 2.75) is 0 Å². The molecule has 0 atom stereocenters.